The molecular formula is C43H30ClN13. The molecule has 0 aliphatic carbocycles. The van der Waals surface area contributed by atoms with Gasteiger partial charge in [-0.2, -0.15) is 5.10 Å². The monoisotopic (exact) mass is 763 g/mol. The molecule has 8 heterocycles. The van der Waals surface area contributed by atoms with Gasteiger partial charge >= 0.3 is 0 Å². The molecule has 14 heteroatoms. The van der Waals surface area contributed by atoms with Crippen molar-refractivity contribution in [2.24, 2.45) is 0 Å². The zero-order chi connectivity index (χ0) is 38.3. The van der Waals surface area contributed by atoms with E-state index in [1.54, 1.807) is 29.3 Å². The molecule has 0 saturated carbocycles. The largest absolute Gasteiger partial charge is 0.282 e. The highest BCUT2D eigenvalue weighted by atomic mass is 35.5. The predicted molar refractivity (Wildman–Crippen MR) is 220 cm³/mol. The highest BCUT2D eigenvalue weighted by molar-refractivity contribution is 6.29. The van der Waals surface area contributed by atoms with E-state index in [2.05, 4.69) is 88.2 Å². The first-order valence-corrected chi connectivity index (χ1v) is 18.5. The molecule has 0 fully saturated rings. The first-order chi connectivity index (χ1) is 28.0. The fraction of sp³-hybridized carbons (Fsp3) is 0.0698. The molecule has 57 heavy (non-hydrogen) atoms. The number of aromatic amines is 1. The maximum Gasteiger partial charge on any atom is 0.179 e. The van der Waals surface area contributed by atoms with Crippen molar-refractivity contribution < 1.29 is 0 Å². The minimum absolute atomic E-state index is 0.436. The quantitative estimate of drug-likeness (QED) is 0.163. The number of pyridine rings is 5. The smallest absolute Gasteiger partial charge is 0.179 e. The lowest BCUT2D eigenvalue weighted by Gasteiger charge is -2.06. The van der Waals surface area contributed by atoms with E-state index in [0.717, 1.165) is 94.4 Å². The van der Waals surface area contributed by atoms with Gasteiger partial charge in [-0.05, 0) is 103 Å². The number of nitrogens with zero attached hydrogens (tertiary/aromatic N) is 12. The van der Waals surface area contributed by atoms with Gasteiger partial charge in [-0.15, -0.1) is 10.2 Å². The molecule has 0 aliphatic rings. The summed E-state index contributed by atoms with van der Waals surface area (Å²) in [7, 11) is 0. The van der Waals surface area contributed by atoms with Crippen LogP contribution in [0.3, 0.4) is 0 Å². The lowest BCUT2D eigenvalue weighted by Crippen LogP contribution is -2.03. The molecule has 0 spiro atoms. The second kappa shape index (κ2) is 14.3. The Kier molecular flexibility index (Phi) is 8.53. The third kappa shape index (κ3) is 6.76. The normalized spacial score (nSPS) is 11.5. The van der Waals surface area contributed by atoms with Crippen molar-refractivity contribution in [3.8, 4) is 22.5 Å². The molecule has 0 amide bonds. The molecule has 0 unspecified atom stereocenters. The Labute approximate surface area is 329 Å². The predicted octanol–water partition coefficient (Wildman–Crippen LogP) is 8.41. The number of H-pyrrole nitrogens is 1. The van der Waals surface area contributed by atoms with Gasteiger partial charge in [0.2, 0.25) is 0 Å². The highest BCUT2D eigenvalue weighted by Crippen LogP contribution is 2.26. The molecule has 274 valence electrons. The molecule has 3 aromatic carbocycles. The van der Waals surface area contributed by atoms with Crippen LogP contribution in [-0.4, -0.2) is 65.1 Å². The van der Waals surface area contributed by atoms with Gasteiger partial charge in [-0.25, -0.2) is 24.3 Å². The molecule has 8 aromatic heterocycles. The topological polar surface area (TPSA) is 155 Å². The van der Waals surface area contributed by atoms with Gasteiger partial charge in [-0.1, -0.05) is 52.4 Å². The van der Waals surface area contributed by atoms with Crippen LogP contribution in [0.15, 0.2) is 134 Å². The molecule has 1 N–H and O–H groups in total. The Hall–Kier alpha value is -7.51. The molecule has 0 atom stereocenters. The number of halogens is 1. The Bertz CT molecular complexity index is 3260. The van der Waals surface area contributed by atoms with Crippen LogP contribution in [0.25, 0.3) is 77.6 Å². The summed E-state index contributed by atoms with van der Waals surface area (Å²) < 4.78 is 3.65. The summed E-state index contributed by atoms with van der Waals surface area (Å²) in [6.45, 7) is 3.19. The van der Waals surface area contributed by atoms with Crippen LogP contribution in [0.2, 0.25) is 5.15 Å². The standard InChI is InChI=1S/C23H17N7.C20H13ClN6/c1-14-18-12-17(5-7-21(18)27-26-14)20-8-9-22-23(25-20)30(29-28-22)13-15-4-6-19-16(11-15)3-2-10-24-19;21-19-11-15(7-9-23-19)17-5-6-18-20(24-17)27(26-25-18)12-13-3-4-16-14(10-13)2-1-8-22-16/h2-12H,13H2,1H3,(H,26,27);1-11H,12H2. The second-order valence-corrected chi connectivity index (χ2v) is 14.0. The van der Waals surface area contributed by atoms with Crippen molar-refractivity contribution in [3.05, 3.63) is 156 Å². The molecule has 11 rings (SSSR count). The van der Waals surface area contributed by atoms with Gasteiger partial charge in [0.05, 0.1) is 41.0 Å². The number of benzene rings is 3. The number of hydrogen-bond donors (Lipinski definition) is 1. The summed E-state index contributed by atoms with van der Waals surface area (Å²) in [5, 5.41) is 28.2. The summed E-state index contributed by atoms with van der Waals surface area (Å²) in [6, 6.07) is 38.0. The summed E-state index contributed by atoms with van der Waals surface area (Å²) >= 11 is 6.00. The van der Waals surface area contributed by atoms with Gasteiger partial charge in [0.15, 0.2) is 11.3 Å². The fourth-order valence-electron chi connectivity index (χ4n) is 6.89. The van der Waals surface area contributed by atoms with Crippen molar-refractivity contribution >= 4 is 66.6 Å². The lowest BCUT2D eigenvalue weighted by molar-refractivity contribution is 0.665. The van der Waals surface area contributed by atoms with Gasteiger partial charge < -0.3 is 0 Å². The van der Waals surface area contributed by atoms with Crippen molar-refractivity contribution in [2.45, 2.75) is 20.0 Å². The molecule has 0 bridgehead atoms. The Morgan fingerprint density at radius 1 is 0.544 bits per heavy atom. The van der Waals surface area contributed by atoms with Crippen molar-refractivity contribution in [1.29, 1.82) is 0 Å². The molecule has 0 aliphatic heterocycles. The summed E-state index contributed by atoms with van der Waals surface area (Å²) in [4.78, 5) is 22.4. The zero-order valence-corrected chi connectivity index (χ0v) is 31.1. The van der Waals surface area contributed by atoms with E-state index < -0.39 is 0 Å². The van der Waals surface area contributed by atoms with Crippen LogP contribution in [0.1, 0.15) is 16.8 Å². The van der Waals surface area contributed by atoms with E-state index in [-0.39, 0.29) is 0 Å². The number of fused-ring (bicyclic) bond motifs is 5. The number of aromatic nitrogens is 13. The lowest BCUT2D eigenvalue weighted by atomic mass is 10.1. The number of hydrogen-bond acceptors (Lipinski definition) is 10. The number of nitrogens with one attached hydrogen (secondary N) is 1. The van der Waals surface area contributed by atoms with Crippen LogP contribution in [0.5, 0.6) is 0 Å². The minimum atomic E-state index is 0.436. The molecule has 13 nitrogen and oxygen atoms in total. The van der Waals surface area contributed by atoms with Crippen LogP contribution in [0.4, 0.5) is 0 Å². The average Bonchev–Trinajstić information content (AvgIpc) is 3.97. The van der Waals surface area contributed by atoms with Crippen molar-refractivity contribution in [3.63, 3.8) is 0 Å². The second-order valence-electron chi connectivity index (χ2n) is 13.6. The van der Waals surface area contributed by atoms with Crippen molar-refractivity contribution in [2.75, 3.05) is 0 Å². The third-order valence-electron chi connectivity index (χ3n) is 9.78. The highest BCUT2D eigenvalue weighted by Gasteiger charge is 2.13. The summed E-state index contributed by atoms with van der Waals surface area (Å²) in [5.74, 6) is 0. The SMILES string of the molecule is Cc1[nH]nc2ccc(-c3ccc4nnn(Cc5ccc6ncccc6c5)c4n3)cc12.Clc1cc(-c2ccc3nnn(Cc4ccc5ncccc5c4)c3n2)ccn1. The van der Waals surface area contributed by atoms with E-state index in [9.17, 15) is 0 Å². The first-order valence-electron chi connectivity index (χ1n) is 18.2. The summed E-state index contributed by atoms with van der Waals surface area (Å²) in [5.41, 5.74) is 12.9. The van der Waals surface area contributed by atoms with Crippen LogP contribution in [0, 0.1) is 6.92 Å². The van der Waals surface area contributed by atoms with Crippen LogP contribution in [-0.2, 0) is 13.1 Å². The van der Waals surface area contributed by atoms with Crippen molar-refractivity contribution in [1.82, 2.24) is 65.1 Å². The van der Waals surface area contributed by atoms with Crippen LogP contribution >= 0.6 is 11.6 Å². The Balaban J connectivity index is 0.000000140. The van der Waals surface area contributed by atoms with E-state index in [4.69, 9.17) is 21.6 Å². The molecule has 0 radical (unpaired) electrons. The fourth-order valence-corrected chi connectivity index (χ4v) is 7.07. The molecule has 0 saturated heterocycles. The van der Waals surface area contributed by atoms with E-state index >= 15 is 0 Å². The van der Waals surface area contributed by atoms with Gasteiger partial charge in [0.1, 0.15) is 16.2 Å². The van der Waals surface area contributed by atoms with Crippen LogP contribution < -0.4 is 0 Å². The van der Waals surface area contributed by atoms with Gasteiger partial charge in [-0.3, -0.25) is 15.1 Å². The number of aryl methyl sites for hydroxylation is 1. The Morgan fingerprint density at radius 3 is 1.70 bits per heavy atom. The third-order valence-corrected chi connectivity index (χ3v) is 9.99. The maximum absolute atomic E-state index is 6.00. The first kappa shape index (κ1) is 34.0. The van der Waals surface area contributed by atoms with E-state index in [1.165, 1.54) is 0 Å². The van der Waals surface area contributed by atoms with E-state index in [0.29, 0.717) is 18.2 Å². The Morgan fingerprint density at radius 2 is 1.11 bits per heavy atom. The molecule has 11 aromatic rings. The maximum atomic E-state index is 6.00. The van der Waals surface area contributed by atoms with Gasteiger partial charge in [0.25, 0.3) is 0 Å². The number of rotatable bonds is 6. The molecular weight excluding hydrogens is 734 g/mol. The summed E-state index contributed by atoms with van der Waals surface area (Å²) in [6.07, 6.45) is 5.27. The van der Waals surface area contributed by atoms with Gasteiger partial charge in [0, 0.05) is 51.6 Å². The zero-order valence-electron chi connectivity index (χ0n) is 30.4. The van der Waals surface area contributed by atoms with E-state index in [1.807, 2.05) is 78.3 Å². The average molecular weight is 764 g/mol. The minimum Gasteiger partial charge on any atom is -0.282 e.